The molecule has 102 valence electrons. The fraction of sp³-hybridized carbons (Fsp3) is 0.429. The number of carbonyl (C=O) groups is 2. The highest BCUT2D eigenvalue weighted by Gasteiger charge is 2.19. The van der Waals surface area contributed by atoms with Crippen molar-refractivity contribution in [2.24, 2.45) is 0 Å². The molecule has 0 unspecified atom stereocenters. The van der Waals surface area contributed by atoms with Crippen LogP contribution in [-0.4, -0.2) is 30.1 Å². The number of rotatable bonds is 5. The Morgan fingerprint density at radius 3 is 2.63 bits per heavy atom. The van der Waals surface area contributed by atoms with Crippen molar-refractivity contribution in [2.75, 3.05) is 18.1 Å². The Bertz CT molecular complexity index is 455. The van der Waals surface area contributed by atoms with Crippen LogP contribution in [0, 0.1) is 0 Å². The Labute approximate surface area is 111 Å². The molecule has 0 radical (unpaired) electrons. The van der Waals surface area contributed by atoms with Crippen LogP contribution < -0.4 is 9.64 Å². The van der Waals surface area contributed by atoms with Crippen molar-refractivity contribution in [3.05, 3.63) is 24.3 Å². The highest BCUT2D eigenvalue weighted by atomic mass is 16.5. The van der Waals surface area contributed by atoms with Gasteiger partial charge in [-0.25, -0.2) is 0 Å². The first-order chi connectivity index (χ1) is 9.16. The molecule has 0 bridgehead atoms. The van der Waals surface area contributed by atoms with E-state index in [1.54, 1.807) is 17.0 Å². The smallest absolute Gasteiger partial charge is 0.306 e. The Kier molecular flexibility index (Phi) is 4.39. The number of carbonyl (C=O) groups excluding carboxylic acids is 1. The third-order valence-corrected chi connectivity index (χ3v) is 3.06. The van der Waals surface area contributed by atoms with Crippen molar-refractivity contribution in [1.29, 1.82) is 0 Å². The minimum atomic E-state index is -0.879. The molecule has 5 nitrogen and oxygen atoms in total. The molecular formula is C14H17NO4. The molecule has 1 aromatic rings. The second-order valence-corrected chi connectivity index (χ2v) is 4.49. The van der Waals surface area contributed by atoms with Crippen molar-refractivity contribution in [1.82, 2.24) is 0 Å². The number of hydrogen-bond donors (Lipinski definition) is 1. The number of carboxylic acids is 1. The van der Waals surface area contributed by atoms with Crippen molar-refractivity contribution in [2.45, 2.75) is 25.7 Å². The van der Waals surface area contributed by atoms with E-state index in [2.05, 4.69) is 0 Å². The third kappa shape index (κ3) is 3.71. The third-order valence-electron chi connectivity index (χ3n) is 3.06. The van der Waals surface area contributed by atoms with Gasteiger partial charge in [0.15, 0.2) is 0 Å². The first-order valence-corrected chi connectivity index (χ1v) is 6.42. The minimum Gasteiger partial charge on any atom is -0.493 e. The van der Waals surface area contributed by atoms with Crippen LogP contribution in [0.2, 0.25) is 0 Å². The predicted molar refractivity (Wildman–Crippen MR) is 70.4 cm³/mol. The predicted octanol–water partition coefficient (Wildman–Crippen LogP) is 2.06. The van der Waals surface area contributed by atoms with Crippen molar-refractivity contribution < 1.29 is 19.4 Å². The zero-order valence-corrected chi connectivity index (χ0v) is 10.7. The average molecular weight is 263 g/mol. The average Bonchev–Trinajstić information content (AvgIpc) is 2.40. The molecule has 1 aromatic carbocycles. The summed E-state index contributed by atoms with van der Waals surface area (Å²) in [5.41, 5.74) is 0.871. The number of anilines is 1. The highest BCUT2D eigenvalue weighted by molar-refractivity contribution is 5.94. The normalized spacial score (nSPS) is 15.4. The fourth-order valence-electron chi connectivity index (χ4n) is 2.06. The summed E-state index contributed by atoms with van der Waals surface area (Å²) in [6.45, 7) is 0.912. The largest absolute Gasteiger partial charge is 0.493 e. The van der Waals surface area contributed by atoms with Crippen LogP contribution in [0.25, 0.3) is 0 Å². The van der Waals surface area contributed by atoms with E-state index in [1.807, 2.05) is 12.1 Å². The van der Waals surface area contributed by atoms with Crippen molar-refractivity contribution >= 4 is 17.6 Å². The van der Waals surface area contributed by atoms with Gasteiger partial charge >= 0.3 is 5.97 Å². The Balaban J connectivity index is 1.94. The van der Waals surface area contributed by atoms with E-state index in [-0.39, 0.29) is 18.9 Å². The second-order valence-electron chi connectivity index (χ2n) is 4.49. The topological polar surface area (TPSA) is 66.8 Å². The monoisotopic (exact) mass is 263 g/mol. The van der Waals surface area contributed by atoms with Gasteiger partial charge in [0.2, 0.25) is 5.91 Å². The summed E-state index contributed by atoms with van der Waals surface area (Å²) in [6, 6.07) is 7.19. The summed E-state index contributed by atoms with van der Waals surface area (Å²) >= 11 is 0. The molecule has 0 saturated carbocycles. The van der Waals surface area contributed by atoms with Gasteiger partial charge in [-0.05, 0) is 37.1 Å². The molecule has 0 aromatic heterocycles. The second kappa shape index (κ2) is 6.22. The maximum absolute atomic E-state index is 11.8. The van der Waals surface area contributed by atoms with Gasteiger partial charge in [-0.1, -0.05) is 0 Å². The molecule has 19 heavy (non-hydrogen) atoms. The van der Waals surface area contributed by atoms with E-state index in [9.17, 15) is 9.59 Å². The molecule has 5 heteroatoms. The van der Waals surface area contributed by atoms with Crippen LogP contribution in [0.1, 0.15) is 25.7 Å². The van der Waals surface area contributed by atoms with Crippen LogP contribution in [0.3, 0.4) is 0 Å². The van der Waals surface area contributed by atoms with Gasteiger partial charge in [-0.3, -0.25) is 9.59 Å². The van der Waals surface area contributed by atoms with E-state index in [0.29, 0.717) is 12.2 Å². The van der Waals surface area contributed by atoms with E-state index >= 15 is 0 Å². The number of aliphatic carboxylic acids is 1. The van der Waals surface area contributed by atoms with E-state index in [1.165, 1.54) is 0 Å². The quantitative estimate of drug-likeness (QED) is 0.883. The lowest BCUT2D eigenvalue weighted by Crippen LogP contribution is -2.35. The zero-order valence-electron chi connectivity index (χ0n) is 10.7. The van der Waals surface area contributed by atoms with Gasteiger partial charge in [0.25, 0.3) is 0 Å². The number of benzene rings is 1. The van der Waals surface area contributed by atoms with Gasteiger partial charge in [0.1, 0.15) is 5.75 Å². The molecule has 2 rings (SSSR count). The lowest BCUT2D eigenvalue weighted by molar-refractivity contribution is -0.137. The molecular weight excluding hydrogens is 246 g/mol. The van der Waals surface area contributed by atoms with Gasteiger partial charge in [0.05, 0.1) is 13.0 Å². The molecule has 0 aliphatic carbocycles. The van der Waals surface area contributed by atoms with Crippen LogP contribution in [-0.2, 0) is 9.59 Å². The number of amides is 1. The van der Waals surface area contributed by atoms with Gasteiger partial charge in [-0.2, -0.15) is 0 Å². The first-order valence-electron chi connectivity index (χ1n) is 6.42. The van der Waals surface area contributed by atoms with Crippen LogP contribution >= 0.6 is 0 Å². The minimum absolute atomic E-state index is 0.0215. The van der Waals surface area contributed by atoms with Gasteiger partial charge < -0.3 is 14.7 Å². The standard InChI is InChI=1S/C14H17NO4/c16-13-3-1-2-9-15(13)11-4-6-12(7-5-11)19-10-8-14(17)18/h4-7H,1-3,8-10H2,(H,17,18). The first kappa shape index (κ1) is 13.4. The maximum atomic E-state index is 11.8. The lowest BCUT2D eigenvalue weighted by Gasteiger charge is -2.26. The van der Waals surface area contributed by atoms with E-state index < -0.39 is 5.97 Å². The number of carboxylic acid groups (broad SMARTS) is 1. The molecule has 1 aliphatic rings. The number of nitrogens with zero attached hydrogens (tertiary/aromatic N) is 1. The fourth-order valence-corrected chi connectivity index (χ4v) is 2.06. The maximum Gasteiger partial charge on any atom is 0.306 e. The van der Waals surface area contributed by atoms with E-state index in [4.69, 9.17) is 9.84 Å². The SMILES string of the molecule is O=C(O)CCOc1ccc(N2CCCCC2=O)cc1. The van der Waals surface area contributed by atoms with Gasteiger partial charge in [-0.15, -0.1) is 0 Å². The Morgan fingerprint density at radius 2 is 2.00 bits per heavy atom. The van der Waals surface area contributed by atoms with Gasteiger partial charge in [0, 0.05) is 18.7 Å². The number of hydrogen-bond acceptors (Lipinski definition) is 3. The van der Waals surface area contributed by atoms with E-state index in [0.717, 1.165) is 25.1 Å². The zero-order chi connectivity index (χ0) is 13.7. The number of ether oxygens (including phenoxy) is 1. The molecule has 0 spiro atoms. The molecule has 1 saturated heterocycles. The summed E-state index contributed by atoms with van der Waals surface area (Å²) in [5.74, 6) is -0.101. The Hall–Kier alpha value is -2.04. The van der Waals surface area contributed by atoms with Crippen LogP contribution in [0.5, 0.6) is 5.75 Å². The molecule has 1 amide bonds. The molecule has 0 atom stereocenters. The molecule has 1 heterocycles. The number of piperidine rings is 1. The Morgan fingerprint density at radius 1 is 1.26 bits per heavy atom. The summed E-state index contributed by atoms with van der Waals surface area (Å²) in [5, 5.41) is 8.51. The summed E-state index contributed by atoms with van der Waals surface area (Å²) < 4.78 is 5.30. The summed E-state index contributed by atoms with van der Waals surface area (Å²) in [7, 11) is 0. The molecule has 1 N–H and O–H groups in total. The van der Waals surface area contributed by atoms with Crippen LogP contribution in [0.4, 0.5) is 5.69 Å². The lowest BCUT2D eigenvalue weighted by atomic mass is 10.1. The van der Waals surface area contributed by atoms with Crippen LogP contribution in [0.15, 0.2) is 24.3 Å². The summed E-state index contributed by atoms with van der Waals surface area (Å²) in [6.07, 6.45) is 2.58. The highest BCUT2D eigenvalue weighted by Crippen LogP contribution is 2.23. The molecule has 1 aliphatic heterocycles. The molecule has 1 fully saturated rings. The summed E-state index contributed by atoms with van der Waals surface area (Å²) in [4.78, 5) is 23.9. The van der Waals surface area contributed by atoms with Crippen molar-refractivity contribution in [3.8, 4) is 5.75 Å². The van der Waals surface area contributed by atoms with Crippen molar-refractivity contribution in [3.63, 3.8) is 0 Å².